The van der Waals surface area contributed by atoms with E-state index in [1.165, 1.54) is 18.0 Å². The van der Waals surface area contributed by atoms with Crippen molar-refractivity contribution in [1.29, 1.82) is 0 Å². The summed E-state index contributed by atoms with van der Waals surface area (Å²) in [5.41, 5.74) is 2.06. The molecule has 3 rings (SSSR count). The average molecular weight is 418 g/mol. The van der Waals surface area contributed by atoms with E-state index in [9.17, 15) is 13.2 Å². The summed E-state index contributed by atoms with van der Waals surface area (Å²) in [6.45, 7) is 5.32. The molecule has 0 aliphatic carbocycles. The average Bonchev–Trinajstić information content (AvgIpc) is 2.95. The highest BCUT2D eigenvalue weighted by Crippen LogP contribution is 2.23. The van der Waals surface area contributed by atoms with Crippen molar-refractivity contribution in [3.63, 3.8) is 0 Å². The zero-order valence-corrected chi connectivity index (χ0v) is 17.2. The fraction of sp³-hybridized carbons (Fsp3) is 0.211. The Morgan fingerprint density at radius 1 is 1.18 bits per heavy atom. The van der Waals surface area contributed by atoms with Gasteiger partial charge in [-0.15, -0.1) is 5.10 Å². The van der Waals surface area contributed by atoms with Crippen LogP contribution in [0.15, 0.2) is 57.6 Å². The Morgan fingerprint density at radius 2 is 1.96 bits per heavy atom. The molecule has 1 aliphatic heterocycles. The topological polar surface area (TPSA) is 97.2 Å². The maximum Gasteiger partial charge on any atom is 0.339 e. The molecule has 0 aromatic heterocycles. The number of hydrogen-bond acceptors (Lipinski definition) is 7. The molecule has 2 aromatic rings. The van der Waals surface area contributed by atoms with Crippen LogP contribution in [0, 0.1) is 13.8 Å². The lowest BCUT2D eigenvalue weighted by Gasteiger charge is -2.10. The smallest absolute Gasteiger partial charge is 0.339 e. The van der Waals surface area contributed by atoms with Crippen LogP contribution in [0.1, 0.15) is 23.6 Å². The second-order valence-corrected chi connectivity index (χ2v) is 9.12. The summed E-state index contributed by atoms with van der Waals surface area (Å²) in [6, 6.07) is 11.7. The van der Waals surface area contributed by atoms with Crippen molar-refractivity contribution < 1.29 is 17.4 Å². The van der Waals surface area contributed by atoms with Gasteiger partial charge in [-0.05, 0) is 55.7 Å². The summed E-state index contributed by atoms with van der Waals surface area (Å²) < 4.78 is 30.5. The minimum Gasteiger partial charge on any atom is -0.379 e. The van der Waals surface area contributed by atoms with Gasteiger partial charge < -0.3 is 9.50 Å². The molecule has 1 amide bonds. The molecule has 0 radical (unpaired) electrons. The molecule has 1 N–H and O–H groups in total. The Morgan fingerprint density at radius 3 is 2.68 bits per heavy atom. The molecule has 9 heteroatoms. The number of rotatable bonds is 5. The normalized spacial score (nSPS) is 18.6. The summed E-state index contributed by atoms with van der Waals surface area (Å²) in [7, 11) is -3.95. The van der Waals surface area contributed by atoms with E-state index in [4.69, 9.17) is 4.18 Å². The third kappa shape index (κ3) is 4.79. The van der Waals surface area contributed by atoms with Crippen LogP contribution in [0.2, 0.25) is 0 Å². The molecule has 28 heavy (non-hydrogen) atoms. The van der Waals surface area contributed by atoms with E-state index >= 15 is 0 Å². The van der Waals surface area contributed by atoms with Crippen LogP contribution in [0.4, 0.5) is 0 Å². The van der Waals surface area contributed by atoms with Gasteiger partial charge in [-0.3, -0.25) is 4.79 Å². The molecule has 1 fully saturated rings. The van der Waals surface area contributed by atoms with E-state index in [1.54, 1.807) is 50.2 Å². The molecule has 146 valence electrons. The van der Waals surface area contributed by atoms with E-state index < -0.39 is 10.1 Å². The first-order chi connectivity index (χ1) is 13.2. The summed E-state index contributed by atoms with van der Waals surface area (Å²) in [5, 5.41) is 10.7. The first-order valence-corrected chi connectivity index (χ1v) is 10.7. The van der Waals surface area contributed by atoms with Crippen LogP contribution < -0.4 is 9.50 Å². The van der Waals surface area contributed by atoms with Gasteiger partial charge in [0, 0.05) is 0 Å². The number of carbonyl (C=O) groups excluding carboxylic acids is 1. The van der Waals surface area contributed by atoms with Crippen LogP contribution in [0.5, 0.6) is 5.75 Å². The summed E-state index contributed by atoms with van der Waals surface area (Å²) in [5.74, 6) is 0.0701. The highest BCUT2D eigenvalue weighted by molar-refractivity contribution is 8.15. The lowest BCUT2D eigenvalue weighted by Crippen LogP contribution is -2.23. The monoisotopic (exact) mass is 417 g/mol. The van der Waals surface area contributed by atoms with Crippen LogP contribution >= 0.6 is 11.8 Å². The van der Waals surface area contributed by atoms with Crippen molar-refractivity contribution in [2.75, 3.05) is 0 Å². The summed E-state index contributed by atoms with van der Waals surface area (Å²) in [4.78, 5) is 11.6. The predicted molar refractivity (Wildman–Crippen MR) is 110 cm³/mol. The lowest BCUT2D eigenvalue weighted by atomic mass is 10.2. The first-order valence-electron chi connectivity index (χ1n) is 8.45. The Bertz CT molecular complexity index is 1080. The van der Waals surface area contributed by atoms with Crippen molar-refractivity contribution in [3.05, 3.63) is 59.2 Å². The van der Waals surface area contributed by atoms with E-state index in [1.807, 2.05) is 13.0 Å². The standard InChI is InChI=1S/C19H19N3O4S2/c1-12-7-8-13(2)17(9-12)28(24,25)26-16-6-4-5-15(10-16)11-20-22-19-21-18(23)14(3)27-19/h4-11,14H,1-3H3,(H,21,22,23). The van der Waals surface area contributed by atoms with E-state index in [0.717, 1.165) is 5.56 Å². The molecule has 1 saturated heterocycles. The third-order valence-corrected chi connectivity index (χ3v) is 6.29. The summed E-state index contributed by atoms with van der Waals surface area (Å²) in [6.07, 6.45) is 1.46. The quantitative estimate of drug-likeness (QED) is 0.458. The van der Waals surface area contributed by atoms with E-state index in [-0.39, 0.29) is 21.8 Å². The number of hydrogen-bond donors (Lipinski definition) is 1. The lowest BCUT2D eigenvalue weighted by molar-refractivity contribution is -0.118. The minimum absolute atomic E-state index is 0.106. The fourth-order valence-electron chi connectivity index (χ4n) is 2.45. The minimum atomic E-state index is -3.95. The van der Waals surface area contributed by atoms with Gasteiger partial charge in [-0.2, -0.15) is 13.5 Å². The van der Waals surface area contributed by atoms with Gasteiger partial charge >= 0.3 is 10.1 Å². The fourth-order valence-corrected chi connectivity index (χ4v) is 4.44. The maximum atomic E-state index is 12.6. The van der Waals surface area contributed by atoms with Crippen LogP contribution in [-0.2, 0) is 14.9 Å². The molecule has 1 atom stereocenters. The molecule has 7 nitrogen and oxygen atoms in total. The number of amides is 1. The van der Waals surface area contributed by atoms with E-state index in [2.05, 4.69) is 15.5 Å². The summed E-state index contributed by atoms with van der Waals surface area (Å²) >= 11 is 1.29. The third-order valence-electron chi connectivity index (χ3n) is 3.92. The second kappa shape index (κ2) is 8.15. The molecule has 0 saturated carbocycles. The Labute approximate surface area is 168 Å². The van der Waals surface area contributed by atoms with Gasteiger partial charge in [-0.1, -0.05) is 36.0 Å². The van der Waals surface area contributed by atoms with Crippen molar-refractivity contribution in [3.8, 4) is 5.75 Å². The van der Waals surface area contributed by atoms with Gasteiger partial charge in [0.2, 0.25) is 5.91 Å². The molecular formula is C19H19N3O4S2. The zero-order valence-electron chi connectivity index (χ0n) is 15.5. The van der Waals surface area contributed by atoms with Crippen LogP contribution in [-0.4, -0.2) is 31.0 Å². The SMILES string of the molecule is Cc1ccc(C)c(S(=O)(=O)Oc2cccc(C=N/N=C3\NC(=O)C(C)S3)c2)c1. The van der Waals surface area contributed by atoms with Gasteiger partial charge in [0.05, 0.1) is 11.5 Å². The Balaban J connectivity index is 1.76. The first kappa shape index (κ1) is 20.1. The molecule has 0 spiro atoms. The molecule has 1 unspecified atom stereocenters. The Kier molecular flexibility index (Phi) is 5.85. The number of nitrogens with one attached hydrogen (secondary N) is 1. The van der Waals surface area contributed by atoms with Crippen LogP contribution in [0.25, 0.3) is 0 Å². The van der Waals surface area contributed by atoms with Gasteiger partial charge in [0.1, 0.15) is 10.6 Å². The molecule has 1 aliphatic rings. The molecule has 1 heterocycles. The molecule has 0 bridgehead atoms. The molecule has 2 aromatic carbocycles. The van der Waals surface area contributed by atoms with Crippen molar-refractivity contribution in [2.24, 2.45) is 10.2 Å². The van der Waals surface area contributed by atoms with Crippen molar-refractivity contribution in [1.82, 2.24) is 5.32 Å². The van der Waals surface area contributed by atoms with Gasteiger partial charge in [-0.25, -0.2) is 0 Å². The van der Waals surface area contributed by atoms with Crippen LogP contribution in [0.3, 0.4) is 0 Å². The number of nitrogens with zero attached hydrogens (tertiary/aromatic N) is 2. The van der Waals surface area contributed by atoms with E-state index in [0.29, 0.717) is 16.3 Å². The van der Waals surface area contributed by atoms with Crippen molar-refractivity contribution >= 4 is 39.2 Å². The highest BCUT2D eigenvalue weighted by atomic mass is 32.2. The maximum absolute atomic E-state index is 12.6. The zero-order chi connectivity index (χ0) is 20.3. The highest BCUT2D eigenvalue weighted by Gasteiger charge is 2.25. The predicted octanol–water partition coefficient (Wildman–Crippen LogP) is 3.01. The number of aryl methyl sites for hydroxylation is 2. The second-order valence-electron chi connectivity index (χ2n) is 6.28. The number of amidine groups is 1. The Hall–Kier alpha value is -2.65. The number of benzene rings is 2. The molecular weight excluding hydrogens is 398 g/mol. The van der Waals surface area contributed by atoms with Crippen molar-refractivity contribution in [2.45, 2.75) is 30.9 Å². The number of carbonyl (C=O) groups is 1. The van der Waals surface area contributed by atoms with Gasteiger partial charge in [0.25, 0.3) is 0 Å². The largest absolute Gasteiger partial charge is 0.379 e. The number of thioether (sulfide) groups is 1. The van der Waals surface area contributed by atoms with Gasteiger partial charge in [0.15, 0.2) is 5.17 Å².